The number of nitrogens with one attached hydrogen (secondary N) is 1. The van der Waals surface area contributed by atoms with Crippen LogP contribution >= 0.6 is 0 Å². The molecule has 2 aromatic rings. The van der Waals surface area contributed by atoms with Crippen LogP contribution in [0.5, 0.6) is 0 Å². The summed E-state index contributed by atoms with van der Waals surface area (Å²) >= 11 is 0. The van der Waals surface area contributed by atoms with E-state index in [4.69, 9.17) is 5.73 Å². The van der Waals surface area contributed by atoms with E-state index in [9.17, 15) is 4.39 Å². The Morgan fingerprint density at radius 3 is 2.55 bits per heavy atom. The second-order valence-electron chi connectivity index (χ2n) is 4.26. The van der Waals surface area contributed by atoms with Crippen molar-refractivity contribution in [3.05, 3.63) is 18.1 Å². The maximum Gasteiger partial charge on any atom is 0.222 e. The van der Waals surface area contributed by atoms with Crippen LogP contribution in [-0.4, -0.2) is 40.3 Å². The molecule has 5 N–H and O–H groups in total. The topological polar surface area (TPSA) is 110 Å². The molecular formula is C12H18FN7. The number of halogens is 1. The first-order chi connectivity index (χ1) is 9.74. The minimum atomic E-state index is -0.444. The van der Waals surface area contributed by atoms with E-state index < -0.39 is 5.82 Å². The quantitative estimate of drug-likeness (QED) is 0.748. The van der Waals surface area contributed by atoms with Crippen molar-refractivity contribution in [3.63, 3.8) is 0 Å². The van der Waals surface area contributed by atoms with E-state index in [0.717, 1.165) is 37.9 Å². The van der Waals surface area contributed by atoms with Crippen molar-refractivity contribution in [1.82, 2.24) is 20.2 Å². The third kappa shape index (κ3) is 2.85. The van der Waals surface area contributed by atoms with Crippen molar-refractivity contribution in [2.75, 3.05) is 30.8 Å². The predicted octanol–water partition coefficient (Wildman–Crippen LogP) is 0.763. The van der Waals surface area contributed by atoms with E-state index >= 15 is 0 Å². The largest absolute Gasteiger partial charge is 0.368 e. The van der Waals surface area contributed by atoms with Crippen molar-refractivity contribution >= 4 is 11.8 Å². The summed E-state index contributed by atoms with van der Waals surface area (Å²) < 4.78 is 13.5. The summed E-state index contributed by atoms with van der Waals surface area (Å²) in [6, 6.07) is 1.73. The van der Waals surface area contributed by atoms with Gasteiger partial charge in [0.1, 0.15) is 11.5 Å². The van der Waals surface area contributed by atoms with Gasteiger partial charge in [0.25, 0.3) is 0 Å². The Balaban J connectivity index is 0.000000704. The van der Waals surface area contributed by atoms with Gasteiger partial charge in [-0.2, -0.15) is 10.1 Å². The zero-order valence-electron chi connectivity index (χ0n) is 11.3. The molecule has 0 aromatic carbocycles. The summed E-state index contributed by atoms with van der Waals surface area (Å²) in [6.45, 7) is 1.89. The van der Waals surface area contributed by atoms with Crippen molar-refractivity contribution in [2.45, 2.75) is 12.8 Å². The molecule has 1 aliphatic heterocycles. The Bertz CT molecular complexity index is 563. The molecule has 0 spiro atoms. The summed E-state index contributed by atoms with van der Waals surface area (Å²) in [5, 5.41) is 6.22. The first-order valence-corrected chi connectivity index (χ1v) is 6.40. The van der Waals surface area contributed by atoms with E-state index in [1.807, 2.05) is 0 Å². The molecule has 0 amide bonds. The molecule has 8 heteroatoms. The Morgan fingerprint density at radius 1 is 1.25 bits per heavy atom. The average Bonchev–Trinajstić information content (AvgIpc) is 3.11. The molecule has 3 heterocycles. The zero-order chi connectivity index (χ0) is 14.5. The van der Waals surface area contributed by atoms with Crippen molar-refractivity contribution in [1.29, 1.82) is 0 Å². The smallest absolute Gasteiger partial charge is 0.222 e. The number of aromatic amines is 1. The average molecular weight is 279 g/mol. The van der Waals surface area contributed by atoms with Crippen molar-refractivity contribution in [3.8, 4) is 11.4 Å². The standard InChI is InChI=1S/C11H13FN6.CH5N/c12-7-6-14-17-10(7)8-5-9(16-11(13)15-8)18-3-1-2-4-18;1-2/h5-6H,1-4H2,(H,14,17)(H2,13,15,16);2H2,1H3. The lowest BCUT2D eigenvalue weighted by Gasteiger charge is -2.16. The number of aromatic nitrogens is 4. The van der Waals surface area contributed by atoms with Crippen LogP contribution in [0.2, 0.25) is 0 Å². The second-order valence-corrected chi connectivity index (χ2v) is 4.26. The zero-order valence-corrected chi connectivity index (χ0v) is 11.3. The lowest BCUT2D eigenvalue weighted by atomic mass is 10.3. The number of rotatable bonds is 2. The van der Waals surface area contributed by atoms with Crippen LogP contribution in [0, 0.1) is 5.82 Å². The number of H-pyrrole nitrogens is 1. The highest BCUT2D eigenvalue weighted by Crippen LogP contribution is 2.25. The molecule has 108 valence electrons. The molecule has 0 unspecified atom stereocenters. The molecule has 7 nitrogen and oxygen atoms in total. The van der Waals surface area contributed by atoms with Crippen LogP contribution < -0.4 is 16.4 Å². The van der Waals surface area contributed by atoms with Gasteiger partial charge in [0.05, 0.1) is 11.9 Å². The van der Waals surface area contributed by atoms with Crippen LogP contribution in [0.15, 0.2) is 12.3 Å². The van der Waals surface area contributed by atoms with Crippen molar-refractivity contribution < 1.29 is 4.39 Å². The fraction of sp³-hybridized carbons (Fsp3) is 0.417. The second kappa shape index (κ2) is 6.29. The van der Waals surface area contributed by atoms with E-state index in [1.165, 1.54) is 7.05 Å². The van der Waals surface area contributed by atoms with Gasteiger partial charge in [0, 0.05) is 19.2 Å². The number of hydrogen-bond acceptors (Lipinski definition) is 6. The summed E-state index contributed by atoms with van der Waals surface area (Å²) in [5.41, 5.74) is 10.8. The number of hydrogen-bond donors (Lipinski definition) is 3. The first kappa shape index (κ1) is 14.2. The Labute approximate surface area is 116 Å². The molecule has 3 rings (SSSR count). The maximum absolute atomic E-state index is 13.5. The Morgan fingerprint density at radius 2 is 1.95 bits per heavy atom. The fourth-order valence-corrected chi connectivity index (χ4v) is 2.14. The van der Waals surface area contributed by atoms with Gasteiger partial charge >= 0.3 is 0 Å². The minimum absolute atomic E-state index is 0.142. The normalized spacial score (nSPS) is 14.1. The van der Waals surface area contributed by atoms with Gasteiger partial charge in [0.15, 0.2) is 5.82 Å². The van der Waals surface area contributed by atoms with Crippen LogP contribution in [0.25, 0.3) is 11.4 Å². The van der Waals surface area contributed by atoms with Gasteiger partial charge in [-0.1, -0.05) is 0 Å². The molecule has 1 aliphatic rings. The summed E-state index contributed by atoms with van der Waals surface area (Å²) in [4.78, 5) is 10.3. The van der Waals surface area contributed by atoms with Gasteiger partial charge < -0.3 is 16.4 Å². The molecule has 0 saturated carbocycles. The highest BCUT2D eigenvalue weighted by atomic mass is 19.1. The van der Waals surface area contributed by atoms with E-state index in [0.29, 0.717) is 5.69 Å². The third-order valence-electron chi connectivity index (χ3n) is 3.01. The van der Waals surface area contributed by atoms with Crippen LogP contribution in [0.4, 0.5) is 16.2 Å². The lowest BCUT2D eigenvalue weighted by molar-refractivity contribution is 0.631. The Kier molecular flexibility index (Phi) is 4.46. The van der Waals surface area contributed by atoms with Gasteiger partial charge in [-0.3, -0.25) is 5.10 Å². The first-order valence-electron chi connectivity index (χ1n) is 6.40. The van der Waals surface area contributed by atoms with Crippen LogP contribution in [-0.2, 0) is 0 Å². The fourth-order valence-electron chi connectivity index (χ4n) is 2.14. The number of nitrogens with two attached hydrogens (primary N) is 2. The highest BCUT2D eigenvalue weighted by molar-refractivity contribution is 5.61. The number of nitrogen functional groups attached to an aromatic ring is 1. The van der Waals surface area contributed by atoms with E-state index in [1.54, 1.807) is 6.07 Å². The SMILES string of the molecule is CN.Nc1nc(-c2[nH]ncc2F)cc(N2CCCC2)n1. The third-order valence-corrected chi connectivity index (χ3v) is 3.01. The monoisotopic (exact) mass is 279 g/mol. The number of nitrogens with zero attached hydrogens (tertiary/aromatic N) is 4. The number of anilines is 2. The maximum atomic E-state index is 13.5. The minimum Gasteiger partial charge on any atom is -0.368 e. The Hall–Kier alpha value is -2.22. The summed E-state index contributed by atoms with van der Waals surface area (Å²) in [7, 11) is 1.50. The van der Waals surface area contributed by atoms with E-state index in [2.05, 4.69) is 30.8 Å². The molecule has 0 bridgehead atoms. The van der Waals surface area contributed by atoms with Crippen LogP contribution in [0.1, 0.15) is 12.8 Å². The van der Waals surface area contributed by atoms with E-state index in [-0.39, 0.29) is 11.6 Å². The summed E-state index contributed by atoms with van der Waals surface area (Å²) in [5.74, 6) is 0.438. The molecule has 2 aromatic heterocycles. The summed E-state index contributed by atoms with van der Waals surface area (Å²) in [6.07, 6.45) is 3.39. The molecule has 0 radical (unpaired) electrons. The van der Waals surface area contributed by atoms with Gasteiger partial charge in [-0.15, -0.1) is 0 Å². The molecular weight excluding hydrogens is 261 g/mol. The molecule has 1 fully saturated rings. The van der Waals surface area contributed by atoms with Gasteiger partial charge in [0.2, 0.25) is 5.95 Å². The predicted molar refractivity (Wildman–Crippen MR) is 75.5 cm³/mol. The van der Waals surface area contributed by atoms with Crippen LogP contribution in [0.3, 0.4) is 0 Å². The molecule has 0 aliphatic carbocycles. The van der Waals surface area contributed by atoms with Gasteiger partial charge in [-0.05, 0) is 19.9 Å². The lowest BCUT2D eigenvalue weighted by Crippen LogP contribution is -2.19. The van der Waals surface area contributed by atoms with Crippen molar-refractivity contribution in [2.24, 2.45) is 5.73 Å². The molecule has 20 heavy (non-hydrogen) atoms. The molecule has 1 saturated heterocycles. The molecule has 0 atom stereocenters. The van der Waals surface area contributed by atoms with Gasteiger partial charge in [-0.25, -0.2) is 9.37 Å². The highest BCUT2D eigenvalue weighted by Gasteiger charge is 2.17.